The summed E-state index contributed by atoms with van der Waals surface area (Å²) in [5, 5.41) is 4.74. The van der Waals surface area contributed by atoms with E-state index in [0.717, 1.165) is 31.4 Å². The van der Waals surface area contributed by atoms with E-state index >= 15 is 0 Å². The quantitative estimate of drug-likeness (QED) is 0.502. The van der Waals surface area contributed by atoms with Crippen molar-refractivity contribution in [3.8, 4) is 0 Å². The van der Waals surface area contributed by atoms with Crippen LogP contribution in [0, 0.1) is 11.8 Å². The van der Waals surface area contributed by atoms with Gasteiger partial charge in [0.25, 0.3) is 0 Å². The number of rotatable bonds is 6. The van der Waals surface area contributed by atoms with Gasteiger partial charge in [-0.15, -0.1) is 5.10 Å². The van der Waals surface area contributed by atoms with Crippen molar-refractivity contribution in [2.24, 2.45) is 11.8 Å². The topological polar surface area (TPSA) is 94.0 Å². The van der Waals surface area contributed by atoms with Crippen LogP contribution in [0.4, 0.5) is 10.6 Å². The molecule has 3 rings (SSSR count). The zero-order valence-corrected chi connectivity index (χ0v) is 22.9. The summed E-state index contributed by atoms with van der Waals surface area (Å²) >= 11 is 0. The van der Waals surface area contributed by atoms with E-state index in [1.165, 1.54) is 0 Å². The minimum atomic E-state index is -0.560. The predicted molar refractivity (Wildman–Crippen MR) is 139 cm³/mol. The van der Waals surface area contributed by atoms with Gasteiger partial charge in [-0.1, -0.05) is 6.92 Å². The van der Waals surface area contributed by atoms with Crippen LogP contribution in [0.15, 0.2) is 12.3 Å². The molecule has 0 unspecified atom stereocenters. The summed E-state index contributed by atoms with van der Waals surface area (Å²) in [5.74, 6) is 0.416. The molecule has 0 saturated heterocycles. The van der Waals surface area contributed by atoms with Crippen molar-refractivity contribution in [3.63, 3.8) is 0 Å². The molecule has 0 aromatic carbocycles. The molecule has 0 atom stereocenters. The van der Waals surface area contributed by atoms with Gasteiger partial charge in [0.05, 0.1) is 6.61 Å². The van der Waals surface area contributed by atoms with Gasteiger partial charge < -0.3 is 14.4 Å². The molecule has 1 saturated carbocycles. The lowest BCUT2D eigenvalue weighted by molar-refractivity contribution is -0.124. The SMILES string of the molecule is CCOC(=O)c1cn(C2=CCN(C(=O)OC(C)(C)C)CC2)nc1N(C(=O)[C@H]1CC[C@H](C)CC1)C(C)C. The van der Waals surface area contributed by atoms with Gasteiger partial charge in [-0.05, 0) is 79.2 Å². The Kier molecular flexibility index (Phi) is 8.84. The maximum absolute atomic E-state index is 13.6. The summed E-state index contributed by atoms with van der Waals surface area (Å²) in [4.78, 5) is 42.3. The Morgan fingerprint density at radius 2 is 1.83 bits per heavy atom. The summed E-state index contributed by atoms with van der Waals surface area (Å²) in [6, 6.07) is -0.170. The van der Waals surface area contributed by atoms with E-state index in [9.17, 15) is 14.4 Å². The number of carbonyl (C=O) groups excluding carboxylic acids is 3. The highest BCUT2D eigenvalue weighted by Crippen LogP contribution is 2.33. The summed E-state index contributed by atoms with van der Waals surface area (Å²) in [7, 11) is 0. The largest absolute Gasteiger partial charge is 0.462 e. The molecule has 36 heavy (non-hydrogen) atoms. The monoisotopic (exact) mass is 502 g/mol. The van der Waals surface area contributed by atoms with Crippen molar-refractivity contribution < 1.29 is 23.9 Å². The molecule has 0 bridgehead atoms. The molecule has 0 radical (unpaired) electrons. The lowest BCUT2D eigenvalue weighted by atomic mass is 9.82. The van der Waals surface area contributed by atoms with Crippen LogP contribution in [-0.2, 0) is 14.3 Å². The Hall–Kier alpha value is -2.84. The van der Waals surface area contributed by atoms with Crippen LogP contribution in [0.5, 0.6) is 0 Å². The summed E-state index contributed by atoms with van der Waals surface area (Å²) in [6.45, 7) is 14.5. The van der Waals surface area contributed by atoms with Gasteiger partial charge in [0.1, 0.15) is 11.2 Å². The lowest BCUT2D eigenvalue weighted by Crippen LogP contribution is -2.43. The first-order valence-electron chi connectivity index (χ1n) is 13.2. The van der Waals surface area contributed by atoms with Crippen LogP contribution in [0.25, 0.3) is 5.70 Å². The number of anilines is 1. The number of ether oxygens (including phenoxy) is 2. The van der Waals surface area contributed by atoms with Gasteiger partial charge in [0, 0.05) is 43.4 Å². The number of carbonyl (C=O) groups is 3. The molecule has 200 valence electrons. The molecule has 1 aliphatic heterocycles. The van der Waals surface area contributed by atoms with Gasteiger partial charge in [0.2, 0.25) is 5.91 Å². The van der Waals surface area contributed by atoms with Crippen molar-refractivity contribution in [1.82, 2.24) is 14.7 Å². The van der Waals surface area contributed by atoms with Crippen LogP contribution in [0.3, 0.4) is 0 Å². The first-order valence-corrected chi connectivity index (χ1v) is 13.2. The van der Waals surface area contributed by atoms with Crippen LogP contribution in [-0.4, -0.2) is 64.0 Å². The average molecular weight is 503 g/mol. The average Bonchev–Trinajstić information content (AvgIpc) is 3.23. The van der Waals surface area contributed by atoms with E-state index in [1.807, 2.05) is 40.7 Å². The Bertz CT molecular complexity index is 983. The summed E-state index contributed by atoms with van der Waals surface area (Å²) in [6.07, 6.45) is 7.50. The van der Waals surface area contributed by atoms with Crippen molar-refractivity contribution in [3.05, 3.63) is 17.8 Å². The molecule has 9 nitrogen and oxygen atoms in total. The number of nitrogens with zero attached hydrogens (tertiary/aromatic N) is 4. The number of amides is 2. The molecular weight excluding hydrogens is 460 g/mol. The Morgan fingerprint density at radius 1 is 1.17 bits per heavy atom. The second-order valence-electron chi connectivity index (χ2n) is 11.2. The van der Waals surface area contributed by atoms with E-state index in [1.54, 1.807) is 27.6 Å². The van der Waals surface area contributed by atoms with Crippen LogP contribution in [0.2, 0.25) is 0 Å². The molecule has 1 aromatic rings. The van der Waals surface area contributed by atoms with Crippen LogP contribution >= 0.6 is 0 Å². The van der Waals surface area contributed by atoms with Gasteiger partial charge in [-0.2, -0.15) is 0 Å². The van der Waals surface area contributed by atoms with Gasteiger partial charge in [0.15, 0.2) is 5.82 Å². The lowest BCUT2D eigenvalue weighted by Gasteiger charge is -2.32. The van der Waals surface area contributed by atoms with Gasteiger partial charge in [-0.3, -0.25) is 9.69 Å². The molecule has 1 aromatic heterocycles. The second-order valence-corrected chi connectivity index (χ2v) is 11.2. The highest BCUT2D eigenvalue weighted by Gasteiger charge is 2.35. The second kappa shape index (κ2) is 11.5. The maximum Gasteiger partial charge on any atom is 0.410 e. The highest BCUT2D eigenvalue weighted by molar-refractivity contribution is 6.02. The minimum Gasteiger partial charge on any atom is -0.462 e. The van der Waals surface area contributed by atoms with E-state index in [2.05, 4.69) is 6.92 Å². The molecule has 1 fully saturated rings. The molecule has 0 N–H and O–H groups in total. The minimum absolute atomic E-state index is 0.0152. The molecule has 9 heteroatoms. The third kappa shape index (κ3) is 6.68. The highest BCUT2D eigenvalue weighted by atomic mass is 16.6. The standard InChI is InChI=1S/C27H42N4O5/c1-8-35-25(33)22-17-30(21-13-15-29(16-14-21)26(34)36-27(5,6)7)28-23(22)31(18(2)3)24(32)20-11-9-19(4)10-12-20/h13,17-20H,8-12,14-16H2,1-7H3/t19-,20-. The van der Waals surface area contributed by atoms with E-state index in [0.29, 0.717) is 31.2 Å². The van der Waals surface area contributed by atoms with E-state index in [-0.39, 0.29) is 36.1 Å². The molecule has 2 heterocycles. The molecular formula is C27H42N4O5. The smallest absolute Gasteiger partial charge is 0.410 e. The fourth-order valence-electron chi connectivity index (χ4n) is 4.71. The number of aromatic nitrogens is 2. The third-order valence-electron chi connectivity index (χ3n) is 6.67. The van der Waals surface area contributed by atoms with E-state index < -0.39 is 11.6 Å². The maximum atomic E-state index is 13.6. The number of hydrogen-bond donors (Lipinski definition) is 0. The fourth-order valence-corrected chi connectivity index (χ4v) is 4.71. The van der Waals surface area contributed by atoms with Crippen molar-refractivity contribution in [2.45, 2.75) is 92.2 Å². The normalized spacial score (nSPS) is 20.7. The fraction of sp³-hybridized carbons (Fsp3) is 0.704. The van der Waals surface area contributed by atoms with Gasteiger partial charge >= 0.3 is 12.1 Å². The van der Waals surface area contributed by atoms with Crippen LogP contribution in [0.1, 0.15) is 90.9 Å². The Morgan fingerprint density at radius 3 is 2.36 bits per heavy atom. The number of esters is 1. The summed E-state index contributed by atoms with van der Waals surface area (Å²) < 4.78 is 12.4. The first-order chi connectivity index (χ1) is 16.9. The zero-order chi connectivity index (χ0) is 26.6. The van der Waals surface area contributed by atoms with Gasteiger partial charge in [-0.25, -0.2) is 14.3 Å². The van der Waals surface area contributed by atoms with Crippen molar-refractivity contribution in [2.75, 3.05) is 24.6 Å². The number of hydrogen-bond acceptors (Lipinski definition) is 6. The van der Waals surface area contributed by atoms with Crippen LogP contribution < -0.4 is 4.90 Å². The molecule has 2 amide bonds. The first kappa shape index (κ1) is 27.7. The van der Waals surface area contributed by atoms with Crippen molar-refractivity contribution in [1.29, 1.82) is 0 Å². The third-order valence-corrected chi connectivity index (χ3v) is 6.67. The van der Waals surface area contributed by atoms with Crippen molar-refractivity contribution >= 4 is 29.5 Å². The molecule has 0 spiro atoms. The molecule has 1 aliphatic carbocycles. The Balaban J connectivity index is 1.89. The Labute approximate surface area is 214 Å². The predicted octanol–water partition coefficient (Wildman–Crippen LogP) is 5.11. The zero-order valence-electron chi connectivity index (χ0n) is 22.9. The molecule has 2 aliphatic rings. The van der Waals surface area contributed by atoms with E-state index in [4.69, 9.17) is 14.6 Å². The summed E-state index contributed by atoms with van der Waals surface area (Å²) in [5.41, 5.74) is 0.572.